The number of aryl methyl sites for hydroxylation is 1. The predicted molar refractivity (Wildman–Crippen MR) is 51.3 cm³/mol. The van der Waals surface area contributed by atoms with E-state index in [9.17, 15) is 0 Å². The molecule has 1 aromatic heterocycles. The number of imidazole rings is 1. The largest absolute Gasteiger partial charge is 0.550 e. The van der Waals surface area contributed by atoms with Gasteiger partial charge in [0.2, 0.25) is 6.33 Å². The van der Waals surface area contributed by atoms with Gasteiger partial charge in [-0.15, -0.1) is 0 Å². The number of hydrogen-bond donors (Lipinski definition) is 0. The Morgan fingerprint density at radius 1 is 1.64 bits per heavy atom. The summed E-state index contributed by atoms with van der Waals surface area (Å²) in [5, 5.41) is 8.89. The highest BCUT2D eigenvalue weighted by Crippen LogP contribution is 2.06. The maximum atomic E-state index is 8.89. The third-order valence-electron chi connectivity index (χ3n) is 1.89. The lowest BCUT2D eigenvalue weighted by atomic mass is 10.3. The van der Waals surface area contributed by atoms with Crippen LogP contribution in [0.25, 0.3) is 0 Å². The van der Waals surface area contributed by atoms with Crippen LogP contribution < -0.4 is 9.67 Å². The van der Waals surface area contributed by atoms with Gasteiger partial charge in [-0.2, -0.15) is 0 Å². The maximum Gasteiger partial charge on any atom is 0.243 e. The molecule has 1 atom stereocenters. The van der Waals surface area contributed by atoms with Crippen molar-refractivity contribution in [2.45, 2.75) is 33.2 Å². The average Bonchev–Trinajstić information content (AvgIpc) is 2.49. The minimum Gasteiger partial charge on any atom is -0.550 e. The van der Waals surface area contributed by atoms with E-state index in [1.807, 2.05) is 7.05 Å². The molecule has 80 valence electrons. The van der Waals surface area contributed by atoms with Gasteiger partial charge in [0.15, 0.2) is 0 Å². The Morgan fingerprint density at radius 3 is 2.43 bits per heavy atom. The third-order valence-corrected chi connectivity index (χ3v) is 1.89. The maximum absolute atomic E-state index is 8.89. The summed E-state index contributed by atoms with van der Waals surface area (Å²) in [6.07, 6.45) is 7.46. The lowest BCUT2D eigenvalue weighted by molar-refractivity contribution is -0.671. The Morgan fingerprint density at radius 2 is 2.14 bits per heavy atom. The first kappa shape index (κ1) is 12.7. The van der Waals surface area contributed by atoms with Crippen LogP contribution in [-0.4, -0.2) is 10.5 Å². The molecule has 14 heavy (non-hydrogen) atoms. The first-order chi connectivity index (χ1) is 6.47. The van der Waals surface area contributed by atoms with Crippen molar-refractivity contribution in [2.75, 3.05) is 0 Å². The van der Waals surface area contributed by atoms with Gasteiger partial charge in [0, 0.05) is 5.97 Å². The normalized spacial score (nSPS) is 11.4. The first-order valence-corrected chi connectivity index (χ1v) is 4.67. The molecule has 1 aromatic rings. The molecule has 1 heterocycles. The summed E-state index contributed by atoms with van der Waals surface area (Å²) in [6, 6.07) is 0.626. The molecule has 1 rings (SSSR count). The van der Waals surface area contributed by atoms with Crippen LogP contribution >= 0.6 is 0 Å². The minimum atomic E-state index is -1.08. The monoisotopic (exact) mass is 198 g/mol. The fraction of sp³-hybridized carbons (Fsp3) is 0.600. The van der Waals surface area contributed by atoms with E-state index < -0.39 is 5.97 Å². The number of aliphatic carboxylic acids is 1. The van der Waals surface area contributed by atoms with E-state index in [-0.39, 0.29) is 0 Å². The molecule has 0 bridgehead atoms. The fourth-order valence-electron chi connectivity index (χ4n) is 0.941. The Hall–Kier alpha value is -1.32. The summed E-state index contributed by atoms with van der Waals surface area (Å²) in [5.41, 5.74) is 0. The Bertz CT molecular complexity index is 277. The Balaban J connectivity index is 0.000000364. The first-order valence-electron chi connectivity index (χ1n) is 4.67. The van der Waals surface area contributed by atoms with Gasteiger partial charge < -0.3 is 9.90 Å². The molecule has 0 saturated carbocycles. The summed E-state index contributed by atoms with van der Waals surface area (Å²) in [6.45, 7) is 5.39. The van der Waals surface area contributed by atoms with Crippen LogP contribution in [0, 0.1) is 0 Å². The molecular weight excluding hydrogens is 180 g/mol. The SMILES string of the molecule is CC(=O)[O-].CCC(C)n1cc[n+](C)c1. The van der Waals surface area contributed by atoms with Crippen LogP contribution in [0.4, 0.5) is 0 Å². The van der Waals surface area contributed by atoms with Gasteiger partial charge in [-0.3, -0.25) is 0 Å². The molecule has 0 aliphatic heterocycles. The van der Waals surface area contributed by atoms with Crippen molar-refractivity contribution in [3.8, 4) is 0 Å². The lowest BCUT2D eigenvalue weighted by Crippen LogP contribution is -2.24. The summed E-state index contributed by atoms with van der Waals surface area (Å²) in [5.74, 6) is -1.08. The van der Waals surface area contributed by atoms with Crippen LogP contribution in [-0.2, 0) is 11.8 Å². The van der Waals surface area contributed by atoms with E-state index in [4.69, 9.17) is 9.90 Å². The van der Waals surface area contributed by atoms with Crippen molar-refractivity contribution in [3.05, 3.63) is 18.7 Å². The van der Waals surface area contributed by atoms with Gasteiger partial charge in [-0.25, -0.2) is 9.13 Å². The highest BCUT2D eigenvalue weighted by molar-refractivity contribution is 5.60. The molecule has 0 aromatic carbocycles. The van der Waals surface area contributed by atoms with Crippen molar-refractivity contribution in [1.29, 1.82) is 0 Å². The highest BCUT2D eigenvalue weighted by atomic mass is 16.4. The molecule has 0 aliphatic carbocycles. The zero-order valence-electron chi connectivity index (χ0n) is 9.23. The molecular formula is C10H18N2O2. The topological polar surface area (TPSA) is 48.9 Å². The van der Waals surface area contributed by atoms with Crippen molar-refractivity contribution in [1.82, 2.24) is 4.57 Å². The van der Waals surface area contributed by atoms with Gasteiger partial charge in [-0.1, -0.05) is 6.92 Å². The number of carbonyl (C=O) groups is 1. The number of nitrogens with zero attached hydrogens (tertiary/aromatic N) is 2. The third kappa shape index (κ3) is 5.35. The van der Waals surface area contributed by atoms with E-state index in [0.29, 0.717) is 6.04 Å². The number of carbonyl (C=O) groups excluding carboxylic acids is 1. The second-order valence-corrected chi connectivity index (χ2v) is 3.28. The Kier molecular flexibility index (Phi) is 5.60. The molecule has 0 N–H and O–H groups in total. The molecule has 0 aliphatic rings. The van der Waals surface area contributed by atoms with Gasteiger partial charge in [0.25, 0.3) is 0 Å². The molecule has 0 amide bonds. The summed E-state index contributed by atoms with van der Waals surface area (Å²) < 4.78 is 4.28. The number of hydrogen-bond acceptors (Lipinski definition) is 2. The second-order valence-electron chi connectivity index (χ2n) is 3.28. The summed E-state index contributed by atoms with van der Waals surface area (Å²) >= 11 is 0. The molecule has 0 radical (unpaired) electrons. The van der Waals surface area contributed by atoms with Gasteiger partial charge >= 0.3 is 0 Å². The van der Waals surface area contributed by atoms with Gasteiger partial charge in [0.1, 0.15) is 12.4 Å². The highest BCUT2D eigenvalue weighted by Gasteiger charge is 2.06. The second kappa shape index (κ2) is 6.18. The fourth-order valence-corrected chi connectivity index (χ4v) is 0.941. The smallest absolute Gasteiger partial charge is 0.243 e. The van der Waals surface area contributed by atoms with Crippen molar-refractivity contribution in [3.63, 3.8) is 0 Å². The molecule has 4 nitrogen and oxygen atoms in total. The molecule has 1 unspecified atom stereocenters. The van der Waals surface area contributed by atoms with Crippen molar-refractivity contribution in [2.24, 2.45) is 7.05 Å². The van der Waals surface area contributed by atoms with Crippen LogP contribution in [0.5, 0.6) is 0 Å². The summed E-state index contributed by atoms with van der Waals surface area (Å²) in [7, 11) is 2.04. The van der Waals surface area contributed by atoms with Crippen LogP contribution in [0.1, 0.15) is 33.2 Å². The summed E-state index contributed by atoms with van der Waals surface area (Å²) in [4.78, 5) is 8.89. The van der Waals surface area contributed by atoms with Crippen LogP contribution in [0.2, 0.25) is 0 Å². The Labute approximate surface area is 84.8 Å². The van der Waals surface area contributed by atoms with E-state index in [2.05, 4.69) is 41.7 Å². The molecule has 0 saturated heterocycles. The van der Waals surface area contributed by atoms with Gasteiger partial charge in [-0.05, 0) is 20.3 Å². The van der Waals surface area contributed by atoms with Crippen molar-refractivity contribution < 1.29 is 14.5 Å². The lowest BCUT2D eigenvalue weighted by Gasteiger charge is -2.01. The predicted octanol–water partition coefficient (Wildman–Crippen LogP) is 0.0398. The number of aromatic nitrogens is 2. The minimum absolute atomic E-state index is 0.626. The zero-order chi connectivity index (χ0) is 11.1. The van der Waals surface area contributed by atoms with Crippen LogP contribution in [0.3, 0.4) is 0 Å². The molecule has 0 fully saturated rings. The number of carboxylic acids is 1. The van der Waals surface area contributed by atoms with Gasteiger partial charge in [0.05, 0.1) is 13.1 Å². The quantitative estimate of drug-likeness (QED) is 0.630. The molecule has 0 spiro atoms. The van der Waals surface area contributed by atoms with Crippen LogP contribution in [0.15, 0.2) is 18.7 Å². The van der Waals surface area contributed by atoms with E-state index in [1.54, 1.807) is 0 Å². The number of rotatable bonds is 2. The van der Waals surface area contributed by atoms with Crippen molar-refractivity contribution >= 4 is 5.97 Å². The standard InChI is InChI=1S/C8H15N2.C2H4O2/c1-4-8(2)10-6-5-9(3)7-10;1-2(3)4/h5-8H,4H2,1-3H3;1H3,(H,3,4)/q+1;/p-1. The molecule has 4 heteroatoms. The number of carboxylic acid groups (broad SMARTS) is 1. The zero-order valence-corrected chi connectivity index (χ0v) is 9.23. The van der Waals surface area contributed by atoms with E-state index in [0.717, 1.165) is 6.92 Å². The van der Waals surface area contributed by atoms with E-state index in [1.165, 1.54) is 6.42 Å². The average molecular weight is 198 g/mol. The van der Waals surface area contributed by atoms with E-state index >= 15 is 0 Å².